The van der Waals surface area contributed by atoms with Gasteiger partial charge in [-0.05, 0) is 55.2 Å². The average Bonchev–Trinajstić information content (AvgIpc) is 3.24. The second-order valence-electron chi connectivity index (χ2n) is 9.52. The SMILES string of the molecule is C=CC1CCC(Sc2nnc([S-])s2)C(O)C1.CCCC[N+](CCCC)(CCCC)CCCC. The van der Waals surface area contributed by atoms with Gasteiger partial charge in [-0.15, -0.1) is 18.3 Å². The molecular weight excluding hydrogens is 467 g/mol. The highest BCUT2D eigenvalue weighted by molar-refractivity contribution is 8.01. The Labute approximate surface area is 218 Å². The van der Waals surface area contributed by atoms with Gasteiger partial charge in [0.1, 0.15) is 0 Å². The normalized spacial score (nSPS) is 20.8. The Hall–Kier alpha value is -0.210. The Morgan fingerprint density at radius 3 is 1.85 bits per heavy atom. The van der Waals surface area contributed by atoms with Crippen molar-refractivity contribution in [2.75, 3.05) is 26.2 Å². The molecule has 1 aromatic rings. The highest BCUT2D eigenvalue weighted by Gasteiger charge is 2.28. The van der Waals surface area contributed by atoms with Crippen molar-refractivity contribution in [1.82, 2.24) is 10.2 Å². The summed E-state index contributed by atoms with van der Waals surface area (Å²) in [6.07, 6.45) is 15.6. The lowest BCUT2D eigenvalue weighted by molar-refractivity contribution is -0.929. The van der Waals surface area contributed by atoms with Crippen molar-refractivity contribution in [1.29, 1.82) is 0 Å². The summed E-state index contributed by atoms with van der Waals surface area (Å²) in [4.78, 5) is 0. The first-order valence-electron chi connectivity index (χ1n) is 13.3. The summed E-state index contributed by atoms with van der Waals surface area (Å²) >= 11 is 7.94. The second kappa shape index (κ2) is 18.1. The molecule has 1 N–H and O–H groups in total. The maximum Gasteiger partial charge on any atom is 0.0809 e. The monoisotopic (exact) mass is 515 g/mol. The number of rotatable bonds is 15. The van der Waals surface area contributed by atoms with E-state index in [-0.39, 0.29) is 11.4 Å². The highest BCUT2D eigenvalue weighted by Crippen LogP contribution is 2.37. The molecule has 0 aromatic carbocycles. The van der Waals surface area contributed by atoms with Crippen LogP contribution in [0.5, 0.6) is 0 Å². The maximum atomic E-state index is 10.0. The van der Waals surface area contributed by atoms with E-state index in [4.69, 9.17) is 12.6 Å². The van der Waals surface area contributed by atoms with Crippen LogP contribution in [0, 0.1) is 5.92 Å². The molecule has 0 aliphatic heterocycles. The number of aromatic nitrogens is 2. The van der Waals surface area contributed by atoms with E-state index < -0.39 is 0 Å². The van der Waals surface area contributed by atoms with Crippen LogP contribution >= 0.6 is 23.1 Å². The van der Waals surface area contributed by atoms with Crippen LogP contribution in [0.15, 0.2) is 21.3 Å². The van der Waals surface area contributed by atoms with Crippen molar-refractivity contribution < 1.29 is 9.59 Å². The minimum absolute atomic E-state index is 0.221. The van der Waals surface area contributed by atoms with Crippen molar-refractivity contribution in [2.45, 2.75) is 118 Å². The average molecular weight is 516 g/mol. The van der Waals surface area contributed by atoms with Crippen LogP contribution in [0.3, 0.4) is 0 Å². The molecule has 1 aromatic heterocycles. The van der Waals surface area contributed by atoms with E-state index in [0.717, 1.165) is 23.6 Å². The smallest absolute Gasteiger partial charge is 0.0809 e. The number of aliphatic hydroxyl groups is 1. The topological polar surface area (TPSA) is 46.0 Å². The fourth-order valence-corrected chi connectivity index (χ4v) is 6.94. The lowest BCUT2D eigenvalue weighted by Gasteiger charge is -2.39. The molecule has 0 bridgehead atoms. The number of thioether (sulfide) groups is 1. The zero-order chi connectivity index (χ0) is 24.5. The summed E-state index contributed by atoms with van der Waals surface area (Å²) in [5.41, 5.74) is 0. The number of nitrogens with zero attached hydrogens (tertiary/aromatic N) is 3. The molecular formula is C26H49N3OS3. The quantitative estimate of drug-likeness (QED) is 0.151. The first-order valence-corrected chi connectivity index (χ1v) is 15.4. The van der Waals surface area contributed by atoms with Gasteiger partial charge in [0.15, 0.2) is 0 Å². The Morgan fingerprint density at radius 1 is 0.970 bits per heavy atom. The molecule has 33 heavy (non-hydrogen) atoms. The summed E-state index contributed by atoms with van der Waals surface area (Å²) in [6.45, 7) is 18.8. The van der Waals surface area contributed by atoms with Crippen molar-refractivity contribution in [3.8, 4) is 0 Å². The van der Waals surface area contributed by atoms with Crippen molar-refractivity contribution in [3.63, 3.8) is 0 Å². The molecule has 1 heterocycles. The van der Waals surface area contributed by atoms with E-state index in [1.54, 1.807) is 11.8 Å². The number of hydrogen-bond donors (Lipinski definition) is 1. The fraction of sp³-hybridized carbons (Fsp3) is 0.846. The Kier molecular flexibility index (Phi) is 16.9. The number of quaternary nitrogens is 1. The minimum atomic E-state index is -0.278. The predicted octanol–water partition coefficient (Wildman–Crippen LogP) is 7.26. The largest absolute Gasteiger partial charge is 0.406 e. The molecule has 4 nitrogen and oxygen atoms in total. The molecule has 0 amide bonds. The molecule has 3 unspecified atom stereocenters. The van der Waals surface area contributed by atoms with Crippen LogP contribution in [0.2, 0.25) is 0 Å². The first kappa shape index (κ1) is 30.8. The standard InChI is InChI=1S/C16H36N.C10H14N2OS3/c1-5-9-13-17(14-10-6-2,15-11-7-3)16-12-8-4;1-2-6-3-4-8(7(13)5-6)15-10-12-11-9(14)16-10/h5-16H2,1-4H3;2,6-8,13H,1,3-5H2,(H,11,14)/q+1;/p-1. The molecule has 192 valence electrons. The predicted molar refractivity (Wildman–Crippen MR) is 148 cm³/mol. The van der Waals surface area contributed by atoms with Crippen LogP contribution in [-0.2, 0) is 12.6 Å². The van der Waals surface area contributed by atoms with E-state index in [2.05, 4.69) is 44.5 Å². The van der Waals surface area contributed by atoms with E-state index in [9.17, 15) is 5.11 Å². The van der Waals surface area contributed by atoms with Gasteiger partial charge in [-0.25, -0.2) is 0 Å². The third-order valence-electron chi connectivity index (χ3n) is 6.71. The zero-order valence-electron chi connectivity index (χ0n) is 21.6. The number of allylic oxidation sites excluding steroid dienone is 1. The Balaban J connectivity index is 0.000000330. The molecule has 0 radical (unpaired) electrons. The highest BCUT2D eigenvalue weighted by atomic mass is 32.2. The molecule has 1 fully saturated rings. The second-order valence-corrected chi connectivity index (χ2v) is 12.6. The minimum Gasteiger partial charge on any atom is -0.406 e. The molecule has 1 saturated carbocycles. The van der Waals surface area contributed by atoms with Gasteiger partial charge < -0.3 is 33.6 Å². The van der Waals surface area contributed by atoms with Crippen LogP contribution in [0.1, 0.15) is 98.3 Å². The third-order valence-corrected chi connectivity index (χ3v) is 9.23. The number of unbranched alkanes of at least 4 members (excludes halogenated alkanes) is 4. The fourth-order valence-electron chi connectivity index (χ4n) is 4.52. The number of aliphatic hydroxyl groups excluding tert-OH is 1. The van der Waals surface area contributed by atoms with Gasteiger partial charge >= 0.3 is 0 Å². The summed E-state index contributed by atoms with van der Waals surface area (Å²) in [5, 5.41) is 18.0. The summed E-state index contributed by atoms with van der Waals surface area (Å²) in [7, 11) is 0. The Bertz CT molecular complexity index is 588. The molecule has 0 saturated heterocycles. The van der Waals surface area contributed by atoms with Crippen molar-refractivity contribution in [3.05, 3.63) is 12.7 Å². The van der Waals surface area contributed by atoms with Crippen molar-refractivity contribution >= 4 is 35.7 Å². The summed E-state index contributed by atoms with van der Waals surface area (Å²) in [6, 6.07) is 0. The number of hydrogen-bond acceptors (Lipinski definition) is 6. The van der Waals surface area contributed by atoms with Gasteiger partial charge in [-0.1, -0.05) is 59.5 Å². The molecule has 1 aliphatic carbocycles. The van der Waals surface area contributed by atoms with Crippen LogP contribution in [0.4, 0.5) is 0 Å². The zero-order valence-corrected chi connectivity index (χ0v) is 24.1. The lowest BCUT2D eigenvalue weighted by Crippen LogP contribution is -2.50. The molecule has 1 aliphatic rings. The van der Waals surface area contributed by atoms with Crippen molar-refractivity contribution in [2.24, 2.45) is 5.92 Å². The molecule has 2 rings (SSSR count). The van der Waals surface area contributed by atoms with Gasteiger partial charge in [-0.3, -0.25) is 0 Å². The summed E-state index contributed by atoms with van der Waals surface area (Å²) < 4.78 is 2.85. The van der Waals surface area contributed by atoms with E-state index in [1.165, 1.54) is 93.4 Å². The van der Waals surface area contributed by atoms with Gasteiger partial charge in [0.2, 0.25) is 0 Å². The summed E-state index contributed by atoms with van der Waals surface area (Å²) in [5.74, 6) is 0.454. The maximum absolute atomic E-state index is 10.0. The Morgan fingerprint density at radius 2 is 1.48 bits per heavy atom. The molecule has 0 spiro atoms. The lowest BCUT2D eigenvalue weighted by atomic mass is 9.87. The third kappa shape index (κ3) is 12.4. The molecule has 3 atom stereocenters. The van der Waals surface area contributed by atoms with E-state index in [0.29, 0.717) is 10.3 Å². The van der Waals surface area contributed by atoms with Gasteiger partial charge in [0, 0.05) is 5.25 Å². The molecule has 7 heteroatoms. The van der Waals surface area contributed by atoms with Gasteiger partial charge in [0.05, 0.1) is 36.6 Å². The van der Waals surface area contributed by atoms with E-state index >= 15 is 0 Å². The van der Waals surface area contributed by atoms with Crippen LogP contribution < -0.4 is 0 Å². The first-order chi connectivity index (χ1) is 15.9. The van der Waals surface area contributed by atoms with E-state index in [1.807, 2.05) is 6.08 Å². The van der Waals surface area contributed by atoms with Crippen LogP contribution in [0.25, 0.3) is 0 Å². The van der Waals surface area contributed by atoms with Crippen LogP contribution in [-0.4, -0.2) is 57.3 Å². The van der Waals surface area contributed by atoms with Gasteiger partial charge in [-0.2, -0.15) is 10.2 Å². The van der Waals surface area contributed by atoms with Gasteiger partial charge in [0.25, 0.3) is 0 Å².